The van der Waals surface area contributed by atoms with Crippen LogP contribution in [0.4, 0.5) is 13.2 Å². The lowest BCUT2D eigenvalue weighted by atomic mass is 10.3. The van der Waals surface area contributed by atoms with E-state index >= 15 is 0 Å². The van der Waals surface area contributed by atoms with Crippen molar-refractivity contribution < 1.29 is 23.1 Å². The molecule has 0 radical (unpaired) electrons. The zero-order valence-corrected chi connectivity index (χ0v) is 8.27. The van der Waals surface area contributed by atoms with Crippen LogP contribution < -0.4 is 0 Å². The highest BCUT2D eigenvalue weighted by atomic mass is 19.4. The number of hydrogen-bond donors (Lipinski definition) is 1. The summed E-state index contributed by atoms with van der Waals surface area (Å²) in [7, 11) is 0. The Morgan fingerprint density at radius 1 is 1.47 bits per heavy atom. The van der Waals surface area contributed by atoms with Crippen molar-refractivity contribution in [2.75, 3.05) is 0 Å². The first kappa shape index (κ1) is 11.4. The van der Waals surface area contributed by atoms with Gasteiger partial charge in [-0.15, -0.1) is 0 Å². The molecule has 17 heavy (non-hydrogen) atoms. The first-order valence-electron chi connectivity index (χ1n) is 4.51. The number of hydrogen-bond acceptors (Lipinski definition) is 3. The van der Waals surface area contributed by atoms with Crippen molar-refractivity contribution in [2.24, 2.45) is 0 Å². The van der Waals surface area contributed by atoms with Gasteiger partial charge in [0.2, 0.25) is 5.82 Å². The number of carboxylic acids is 1. The molecule has 2 rings (SSSR count). The van der Waals surface area contributed by atoms with Gasteiger partial charge in [0.15, 0.2) is 0 Å². The molecule has 1 N–H and O–H groups in total. The molecule has 0 fully saturated rings. The standard InChI is InChI=1S/C9H6F3N3O2/c10-9(11,12)8-14-5(4-7(16)17)6-2-1-3-13-15(6)8/h1-3H,4H2,(H,16,17). The van der Waals surface area contributed by atoms with E-state index in [9.17, 15) is 18.0 Å². The van der Waals surface area contributed by atoms with Crippen LogP contribution in [0.1, 0.15) is 11.5 Å². The molecule has 2 aromatic heterocycles. The van der Waals surface area contributed by atoms with Crippen LogP contribution >= 0.6 is 0 Å². The zero-order valence-electron chi connectivity index (χ0n) is 8.27. The molecule has 0 amide bonds. The molecular formula is C9H6F3N3O2. The maximum atomic E-state index is 12.6. The Labute approximate surface area is 92.5 Å². The third-order valence-corrected chi connectivity index (χ3v) is 2.06. The molecule has 0 saturated heterocycles. The number of fused-ring (bicyclic) bond motifs is 1. The summed E-state index contributed by atoms with van der Waals surface area (Å²) in [6, 6.07) is 2.76. The predicted molar refractivity (Wildman–Crippen MR) is 49.3 cm³/mol. The van der Waals surface area contributed by atoms with E-state index < -0.39 is 24.4 Å². The topological polar surface area (TPSA) is 67.5 Å². The van der Waals surface area contributed by atoms with Crippen LogP contribution in [0, 0.1) is 0 Å². The van der Waals surface area contributed by atoms with E-state index in [2.05, 4.69) is 10.1 Å². The highest BCUT2D eigenvalue weighted by Gasteiger charge is 2.37. The average Bonchev–Trinajstić information content (AvgIpc) is 2.56. The molecule has 5 nitrogen and oxygen atoms in total. The molecule has 0 aliphatic rings. The van der Waals surface area contributed by atoms with E-state index in [1.807, 2.05) is 0 Å². The lowest BCUT2D eigenvalue weighted by Crippen LogP contribution is -2.12. The molecule has 0 unspecified atom stereocenters. The van der Waals surface area contributed by atoms with E-state index in [0.717, 1.165) is 0 Å². The minimum absolute atomic E-state index is 0.0437. The highest BCUT2D eigenvalue weighted by Crippen LogP contribution is 2.29. The number of nitrogens with zero attached hydrogens (tertiary/aromatic N) is 3. The minimum Gasteiger partial charge on any atom is -0.481 e. The molecule has 0 spiro atoms. The molecular weight excluding hydrogens is 239 g/mol. The van der Waals surface area contributed by atoms with Gasteiger partial charge < -0.3 is 5.11 Å². The van der Waals surface area contributed by atoms with Crippen molar-refractivity contribution in [3.05, 3.63) is 29.8 Å². The van der Waals surface area contributed by atoms with Gasteiger partial charge in [-0.3, -0.25) is 4.79 Å². The summed E-state index contributed by atoms with van der Waals surface area (Å²) in [4.78, 5) is 13.8. The first-order valence-corrected chi connectivity index (χ1v) is 4.51. The molecule has 0 aliphatic carbocycles. The molecule has 2 aromatic rings. The van der Waals surface area contributed by atoms with Gasteiger partial charge in [0, 0.05) is 6.20 Å². The van der Waals surface area contributed by atoms with E-state index in [0.29, 0.717) is 4.52 Å². The molecule has 2 heterocycles. The second kappa shape index (κ2) is 3.72. The van der Waals surface area contributed by atoms with Gasteiger partial charge in [0.1, 0.15) is 0 Å². The van der Waals surface area contributed by atoms with Gasteiger partial charge in [0.25, 0.3) is 0 Å². The summed E-state index contributed by atoms with van der Waals surface area (Å²) in [5.74, 6) is -2.47. The molecule has 8 heteroatoms. The van der Waals surface area contributed by atoms with Gasteiger partial charge >= 0.3 is 12.1 Å². The van der Waals surface area contributed by atoms with Crippen LogP contribution in [0.2, 0.25) is 0 Å². The van der Waals surface area contributed by atoms with Gasteiger partial charge in [-0.1, -0.05) is 0 Å². The smallest absolute Gasteiger partial charge is 0.451 e. The third kappa shape index (κ3) is 2.05. The summed E-state index contributed by atoms with van der Waals surface area (Å²) in [6.45, 7) is 0. The molecule has 0 saturated carbocycles. The Morgan fingerprint density at radius 2 is 2.18 bits per heavy atom. The number of alkyl halides is 3. The summed E-state index contributed by atoms with van der Waals surface area (Å²) >= 11 is 0. The summed E-state index contributed by atoms with van der Waals surface area (Å²) < 4.78 is 38.4. The van der Waals surface area contributed by atoms with E-state index in [4.69, 9.17) is 5.11 Å². The minimum atomic E-state index is -4.67. The van der Waals surface area contributed by atoms with E-state index in [-0.39, 0.29) is 11.2 Å². The highest BCUT2D eigenvalue weighted by molar-refractivity contribution is 5.73. The first-order chi connectivity index (χ1) is 7.89. The number of halogens is 3. The Hall–Kier alpha value is -2.12. The molecule has 0 aromatic carbocycles. The number of aromatic nitrogens is 3. The van der Waals surface area contributed by atoms with Crippen molar-refractivity contribution in [1.82, 2.24) is 14.6 Å². The second-order valence-electron chi connectivity index (χ2n) is 3.27. The fraction of sp³-hybridized carbons (Fsp3) is 0.222. The average molecular weight is 245 g/mol. The Kier molecular flexibility index (Phi) is 2.49. The van der Waals surface area contributed by atoms with Gasteiger partial charge in [-0.05, 0) is 12.1 Å². The lowest BCUT2D eigenvalue weighted by Gasteiger charge is -2.02. The predicted octanol–water partition coefficient (Wildman–Crippen LogP) is 1.38. The van der Waals surface area contributed by atoms with Crippen LogP contribution in [-0.4, -0.2) is 25.7 Å². The van der Waals surface area contributed by atoms with E-state index in [1.54, 1.807) is 0 Å². The number of rotatable bonds is 2. The Balaban J connectivity index is 2.67. The normalized spacial score (nSPS) is 11.9. The monoisotopic (exact) mass is 245 g/mol. The van der Waals surface area contributed by atoms with Crippen molar-refractivity contribution in [2.45, 2.75) is 12.6 Å². The third-order valence-electron chi connectivity index (χ3n) is 2.06. The fourth-order valence-electron chi connectivity index (χ4n) is 1.45. The maximum Gasteiger partial charge on any atom is 0.451 e. The second-order valence-corrected chi connectivity index (χ2v) is 3.27. The summed E-state index contributed by atoms with van der Waals surface area (Å²) in [5, 5.41) is 12.1. The number of aliphatic carboxylic acids is 1. The van der Waals surface area contributed by atoms with Crippen molar-refractivity contribution in [1.29, 1.82) is 0 Å². The lowest BCUT2D eigenvalue weighted by molar-refractivity contribution is -0.146. The van der Waals surface area contributed by atoms with Crippen LogP contribution in [0.5, 0.6) is 0 Å². The van der Waals surface area contributed by atoms with Gasteiger partial charge in [0.05, 0.1) is 17.6 Å². The fourth-order valence-corrected chi connectivity index (χ4v) is 1.45. The molecule has 0 bridgehead atoms. The Morgan fingerprint density at radius 3 is 2.76 bits per heavy atom. The number of imidazole rings is 1. The maximum absolute atomic E-state index is 12.6. The largest absolute Gasteiger partial charge is 0.481 e. The quantitative estimate of drug-likeness (QED) is 0.867. The molecule has 0 atom stereocenters. The van der Waals surface area contributed by atoms with E-state index in [1.165, 1.54) is 18.3 Å². The summed E-state index contributed by atoms with van der Waals surface area (Å²) in [5.41, 5.74) is -0.111. The van der Waals surface area contributed by atoms with Crippen LogP contribution in [0.3, 0.4) is 0 Å². The van der Waals surface area contributed by atoms with Gasteiger partial charge in [-0.25, -0.2) is 9.50 Å². The van der Waals surface area contributed by atoms with Crippen LogP contribution in [0.15, 0.2) is 18.3 Å². The van der Waals surface area contributed by atoms with Crippen LogP contribution in [-0.2, 0) is 17.4 Å². The van der Waals surface area contributed by atoms with Crippen molar-refractivity contribution >= 4 is 11.5 Å². The zero-order chi connectivity index (χ0) is 12.6. The van der Waals surface area contributed by atoms with Crippen molar-refractivity contribution in [3.63, 3.8) is 0 Å². The SMILES string of the molecule is O=C(O)Cc1nc(C(F)(F)F)n2ncccc12. The summed E-state index contributed by atoms with van der Waals surface area (Å²) in [6.07, 6.45) is -4.08. The molecule has 90 valence electrons. The van der Waals surface area contributed by atoms with Gasteiger partial charge in [-0.2, -0.15) is 18.3 Å². The van der Waals surface area contributed by atoms with Crippen LogP contribution in [0.25, 0.3) is 5.52 Å². The molecule has 0 aliphatic heterocycles. The number of carbonyl (C=O) groups is 1. The van der Waals surface area contributed by atoms with Crippen molar-refractivity contribution in [3.8, 4) is 0 Å². The number of carboxylic acid groups (broad SMARTS) is 1. The Bertz CT molecular complexity index is 576.